The van der Waals surface area contributed by atoms with Crippen LogP contribution < -0.4 is 5.32 Å². The first-order chi connectivity index (χ1) is 8.75. The third-order valence-electron chi connectivity index (χ3n) is 2.39. The van der Waals surface area contributed by atoms with Gasteiger partial charge in [0.15, 0.2) is 5.78 Å². The van der Waals surface area contributed by atoms with Gasteiger partial charge < -0.3 is 5.32 Å². The average Bonchev–Trinajstić information content (AvgIpc) is 2.42. The van der Waals surface area contributed by atoms with Crippen LogP contribution in [0.3, 0.4) is 0 Å². The Kier molecular flexibility index (Phi) is 3.86. The molecule has 0 unspecified atom stereocenters. The Balaban J connectivity index is 1.96. The molecule has 0 saturated carbocycles. The van der Waals surface area contributed by atoms with Gasteiger partial charge in [-0.05, 0) is 24.3 Å². The number of nitrogens with one attached hydrogen (secondary N) is 1. The minimum atomic E-state index is -0.287. The molecule has 0 spiro atoms. The quantitative estimate of drug-likeness (QED) is 0.654. The molecule has 2 aromatic rings. The van der Waals surface area contributed by atoms with Crippen molar-refractivity contribution in [3.05, 3.63) is 78.3 Å². The van der Waals surface area contributed by atoms with Crippen molar-refractivity contribution in [2.24, 2.45) is 0 Å². The lowest BCUT2D eigenvalue weighted by molar-refractivity contribution is 0.104. The first-order valence-corrected chi connectivity index (χ1v) is 5.54. The lowest BCUT2D eigenvalue weighted by Crippen LogP contribution is -1.95. The second kappa shape index (κ2) is 5.77. The number of carbonyl (C=O) groups excluding carboxylic acids is 1. The van der Waals surface area contributed by atoms with Crippen LogP contribution in [0.4, 0.5) is 10.1 Å². The summed E-state index contributed by atoms with van der Waals surface area (Å²) in [6.45, 7) is 0. The van der Waals surface area contributed by atoms with Crippen LogP contribution in [0, 0.1) is 5.82 Å². The van der Waals surface area contributed by atoms with Gasteiger partial charge in [-0.3, -0.25) is 4.79 Å². The Bertz CT molecular complexity index is 546. The minimum absolute atomic E-state index is 0.0785. The molecule has 2 rings (SSSR count). The number of rotatable bonds is 4. The Hall–Kier alpha value is -2.42. The summed E-state index contributed by atoms with van der Waals surface area (Å²) < 4.78 is 12.7. The van der Waals surface area contributed by atoms with E-state index in [1.165, 1.54) is 18.2 Å². The summed E-state index contributed by atoms with van der Waals surface area (Å²) in [6.07, 6.45) is 2.99. The maximum absolute atomic E-state index is 12.7. The number of hydrogen-bond acceptors (Lipinski definition) is 2. The van der Waals surface area contributed by atoms with Gasteiger partial charge in [0.2, 0.25) is 0 Å². The first-order valence-electron chi connectivity index (χ1n) is 5.54. The molecular formula is C15H12FNO. The molecule has 90 valence electrons. The fraction of sp³-hybridized carbons (Fsp3) is 0. The molecular weight excluding hydrogens is 229 g/mol. The van der Waals surface area contributed by atoms with E-state index in [1.807, 2.05) is 18.2 Å². The SMILES string of the molecule is O=C(C=CNc1ccc(F)cc1)c1ccccc1. The summed E-state index contributed by atoms with van der Waals surface area (Å²) in [4.78, 5) is 11.7. The third-order valence-corrected chi connectivity index (χ3v) is 2.39. The molecule has 0 bridgehead atoms. The summed E-state index contributed by atoms with van der Waals surface area (Å²) in [5.74, 6) is -0.366. The predicted octanol–water partition coefficient (Wildman–Crippen LogP) is 3.63. The number of allylic oxidation sites excluding steroid dienone is 1. The Labute approximate surface area is 105 Å². The van der Waals surface area contributed by atoms with Crippen LogP contribution in [0.15, 0.2) is 66.9 Å². The van der Waals surface area contributed by atoms with E-state index in [9.17, 15) is 9.18 Å². The molecule has 0 saturated heterocycles. The van der Waals surface area contributed by atoms with Crippen molar-refractivity contribution in [2.45, 2.75) is 0 Å². The van der Waals surface area contributed by atoms with Crippen molar-refractivity contribution in [2.75, 3.05) is 5.32 Å². The molecule has 0 radical (unpaired) electrons. The zero-order chi connectivity index (χ0) is 12.8. The van der Waals surface area contributed by atoms with E-state index in [2.05, 4.69) is 5.32 Å². The van der Waals surface area contributed by atoms with E-state index in [-0.39, 0.29) is 11.6 Å². The minimum Gasteiger partial charge on any atom is -0.362 e. The molecule has 0 aliphatic carbocycles. The van der Waals surface area contributed by atoms with Crippen LogP contribution in [0.25, 0.3) is 0 Å². The standard InChI is InChI=1S/C15H12FNO/c16-13-6-8-14(9-7-13)17-11-10-15(18)12-4-2-1-3-5-12/h1-11,17H. The van der Waals surface area contributed by atoms with Crippen LogP contribution in [0.5, 0.6) is 0 Å². The summed E-state index contributed by atoms with van der Waals surface area (Å²) in [5.41, 5.74) is 1.36. The molecule has 2 nitrogen and oxygen atoms in total. The highest BCUT2D eigenvalue weighted by Gasteiger charge is 1.98. The maximum Gasteiger partial charge on any atom is 0.187 e. The van der Waals surface area contributed by atoms with Crippen LogP contribution in [-0.4, -0.2) is 5.78 Å². The van der Waals surface area contributed by atoms with E-state index >= 15 is 0 Å². The van der Waals surface area contributed by atoms with Gasteiger partial charge in [-0.2, -0.15) is 0 Å². The Morgan fingerprint density at radius 2 is 1.67 bits per heavy atom. The van der Waals surface area contributed by atoms with E-state index in [0.29, 0.717) is 5.56 Å². The number of anilines is 1. The third kappa shape index (κ3) is 3.28. The van der Waals surface area contributed by atoms with Crippen LogP contribution in [0.1, 0.15) is 10.4 Å². The normalized spacial score (nSPS) is 10.5. The maximum atomic E-state index is 12.7. The van der Waals surface area contributed by atoms with Gasteiger partial charge in [0, 0.05) is 23.5 Å². The predicted molar refractivity (Wildman–Crippen MR) is 69.9 cm³/mol. The summed E-state index contributed by atoms with van der Waals surface area (Å²) >= 11 is 0. The smallest absolute Gasteiger partial charge is 0.187 e. The summed E-state index contributed by atoms with van der Waals surface area (Å²) in [7, 11) is 0. The number of carbonyl (C=O) groups is 1. The molecule has 0 aliphatic heterocycles. The van der Waals surface area contributed by atoms with Crippen molar-refractivity contribution < 1.29 is 9.18 Å². The molecule has 0 fully saturated rings. The van der Waals surface area contributed by atoms with Crippen molar-refractivity contribution in [3.63, 3.8) is 0 Å². The summed E-state index contributed by atoms with van der Waals surface area (Å²) in [6, 6.07) is 14.9. The highest BCUT2D eigenvalue weighted by Crippen LogP contribution is 2.08. The molecule has 0 heterocycles. The van der Waals surface area contributed by atoms with E-state index < -0.39 is 0 Å². The van der Waals surface area contributed by atoms with Crippen LogP contribution >= 0.6 is 0 Å². The van der Waals surface area contributed by atoms with Gasteiger partial charge >= 0.3 is 0 Å². The van der Waals surface area contributed by atoms with Crippen LogP contribution in [0.2, 0.25) is 0 Å². The van der Waals surface area contributed by atoms with Gasteiger partial charge in [0.25, 0.3) is 0 Å². The lowest BCUT2D eigenvalue weighted by Gasteiger charge is -1.99. The molecule has 0 aromatic heterocycles. The van der Waals surface area contributed by atoms with E-state index in [1.54, 1.807) is 30.5 Å². The zero-order valence-corrected chi connectivity index (χ0v) is 9.64. The van der Waals surface area contributed by atoms with Crippen molar-refractivity contribution in [3.8, 4) is 0 Å². The average molecular weight is 241 g/mol. The molecule has 18 heavy (non-hydrogen) atoms. The second-order valence-electron chi connectivity index (χ2n) is 3.71. The molecule has 0 amide bonds. The molecule has 3 heteroatoms. The fourth-order valence-electron chi connectivity index (χ4n) is 1.46. The van der Waals surface area contributed by atoms with Crippen molar-refractivity contribution in [1.29, 1.82) is 0 Å². The van der Waals surface area contributed by atoms with Gasteiger partial charge in [0.1, 0.15) is 5.82 Å². The van der Waals surface area contributed by atoms with E-state index in [4.69, 9.17) is 0 Å². The zero-order valence-electron chi connectivity index (χ0n) is 9.64. The first kappa shape index (κ1) is 12.0. The highest BCUT2D eigenvalue weighted by molar-refractivity contribution is 6.04. The van der Waals surface area contributed by atoms with Gasteiger partial charge in [-0.15, -0.1) is 0 Å². The van der Waals surface area contributed by atoms with Crippen LogP contribution in [-0.2, 0) is 0 Å². The Morgan fingerprint density at radius 3 is 2.33 bits per heavy atom. The van der Waals surface area contributed by atoms with E-state index in [0.717, 1.165) is 5.69 Å². The monoisotopic (exact) mass is 241 g/mol. The summed E-state index contributed by atoms with van der Waals surface area (Å²) in [5, 5.41) is 2.90. The Morgan fingerprint density at radius 1 is 1.00 bits per heavy atom. The number of ketones is 1. The number of benzene rings is 2. The molecule has 0 atom stereocenters. The van der Waals surface area contributed by atoms with Crippen molar-refractivity contribution >= 4 is 11.5 Å². The molecule has 0 aliphatic rings. The van der Waals surface area contributed by atoms with Gasteiger partial charge in [-0.25, -0.2) is 4.39 Å². The largest absolute Gasteiger partial charge is 0.362 e. The molecule has 1 N–H and O–H groups in total. The van der Waals surface area contributed by atoms with Gasteiger partial charge in [-0.1, -0.05) is 30.3 Å². The topological polar surface area (TPSA) is 29.1 Å². The second-order valence-corrected chi connectivity index (χ2v) is 3.71. The highest BCUT2D eigenvalue weighted by atomic mass is 19.1. The fourth-order valence-corrected chi connectivity index (χ4v) is 1.46. The number of hydrogen-bond donors (Lipinski definition) is 1. The number of halogens is 1. The van der Waals surface area contributed by atoms with Gasteiger partial charge in [0.05, 0.1) is 0 Å². The molecule has 2 aromatic carbocycles. The van der Waals surface area contributed by atoms with Crippen molar-refractivity contribution in [1.82, 2.24) is 0 Å². The lowest BCUT2D eigenvalue weighted by atomic mass is 10.1.